The molecule has 8 heteroatoms. The van der Waals surface area contributed by atoms with E-state index in [1.807, 2.05) is 30.3 Å². The molecule has 28 heavy (non-hydrogen) atoms. The van der Waals surface area contributed by atoms with Gasteiger partial charge in [0, 0.05) is 36.9 Å². The first kappa shape index (κ1) is 20.9. The second-order valence-corrected chi connectivity index (χ2v) is 8.01. The number of anilines is 2. The zero-order valence-electron chi connectivity index (χ0n) is 15.5. The molecule has 0 aliphatic carbocycles. The fourth-order valence-corrected chi connectivity index (χ4v) is 3.67. The summed E-state index contributed by atoms with van der Waals surface area (Å²) in [7, 11) is 2.12. The summed E-state index contributed by atoms with van der Waals surface area (Å²) in [6.07, 6.45) is 0.224. The Morgan fingerprint density at radius 3 is 2.39 bits per heavy atom. The van der Waals surface area contributed by atoms with Crippen LogP contribution in [0.25, 0.3) is 0 Å². The lowest BCUT2D eigenvalue weighted by molar-refractivity contribution is -0.119. The zero-order valence-corrected chi connectivity index (χ0v) is 17.9. The molecule has 148 valence electrons. The van der Waals surface area contributed by atoms with E-state index in [9.17, 15) is 4.79 Å². The van der Waals surface area contributed by atoms with Crippen molar-refractivity contribution in [1.29, 1.82) is 0 Å². The Kier molecular flexibility index (Phi) is 7.13. The zero-order chi connectivity index (χ0) is 20.1. The summed E-state index contributed by atoms with van der Waals surface area (Å²) in [6.45, 7) is 3.92. The highest BCUT2D eigenvalue weighted by atomic mass is 35.5. The van der Waals surface area contributed by atoms with E-state index >= 15 is 0 Å². The number of rotatable bonds is 4. The number of carbonyl (C=O) groups is 1. The van der Waals surface area contributed by atoms with Crippen LogP contribution < -0.4 is 15.5 Å². The normalized spacial score (nSPS) is 14.6. The van der Waals surface area contributed by atoms with Gasteiger partial charge in [-0.2, -0.15) is 0 Å². The second-order valence-electron chi connectivity index (χ2n) is 6.76. The van der Waals surface area contributed by atoms with Gasteiger partial charge in [0.25, 0.3) is 0 Å². The molecule has 1 aliphatic heterocycles. The lowest BCUT2D eigenvalue weighted by Gasteiger charge is -2.34. The fourth-order valence-electron chi connectivity index (χ4n) is 3.01. The molecule has 2 aromatic rings. The maximum absolute atomic E-state index is 12.1. The van der Waals surface area contributed by atoms with E-state index in [4.69, 9.17) is 35.4 Å². The van der Waals surface area contributed by atoms with Crippen molar-refractivity contribution in [2.24, 2.45) is 0 Å². The van der Waals surface area contributed by atoms with Crippen LogP contribution in [0, 0.1) is 0 Å². The Labute approximate surface area is 180 Å². The van der Waals surface area contributed by atoms with E-state index in [1.54, 1.807) is 12.1 Å². The van der Waals surface area contributed by atoms with Crippen molar-refractivity contribution in [3.8, 4) is 0 Å². The van der Waals surface area contributed by atoms with E-state index in [-0.39, 0.29) is 17.4 Å². The van der Waals surface area contributed by atoms with Gasteiger partial charge in [0.15, 0.2) is 5.11 Å². The van der Waals surface area contributed by atoms with Crippen LogP contribution in [0.4, 0.5) is 11.4 Å². The summed E-state index contributed by atoms with van der Waals surface area (Å²) < 4.78 is 0. The number of benzene rings is 2. The summed E-state index contributed by atoms with van der Waals surface area (Å²) in [5.41, 5.74) is 2.61. The maximum atomic E-state index is 12.1. The second kappa shape index (κ2) is 9.56. The molecule has 1 saturated heterocycles. The highest BCUT2D eigenvalue weighted by Crippen LogP contribution is 2.29. The largest absolute Gasteiger partial charge is 0.368 e. The van der Waals surface area contributed by atoms with Crippen molar-refractivity contribution in [3.63, 3.8) is 0 Å². The monoisotopic (exact) mass is 436 g/mol. The van der Waals surface area contributed by atoms with Crippen LogP contribution in [0.3, 0.4) is 0 Å². The predicted molar refractivity (Wildman–Crippen MR) is 121 cm³/mol. The Bertz CT molecular complexity index is 852. The number of likely N-dealkylation sites (N-methyl/N-ethyl adjacent to an activating group) is 1. The van der Waals surface area contributed by atoms with Crippen LogP contribution in [-0.4, -0.2) is 49.1 Å². The number of nitrogens with one attached hydrogen (secondary N) is 2. The van der Waals surface area contributed by atoms with E-state index in [0.29, 0.717) is 10.0 Å². The van der Waals surface area contributed by atoms with Gasteiger partial charge < -0.3 is 20.4 Å². The molecule has 0 saturated carbocycles. The highest BCUT2D eigenvalue weighted by Gasteiger charge is 2.17. The Hall–Kier alpha value is -1.86. The number of piperazine rings is 1. The van der Waals surface area contributed by atoms with Crippen molar-refractivity contribution < 1.29 is 4.79 Å². The molecule has 1 heterocycles. The number of thiocarbonyl (C=S) groups is 1. The van der Waals surface area contributed by atoms with Gasteiger partial charge in [-0.3, -0.25) is 4.79 Å². The molecular formula is C20H22Cl2N4OS. The lowest BCUT2D eigenvalue weighted by atomic mass is 10.1. The van der Waals surface area contributed by atoms with Crippen molar-refractivity contribution in [1.82, 2.24) is 10.2 Å². The van der Waals surface area contributed by atoms with Gasteiger partial charge in [-0.15, -0.1) is 0 Å². The molecule has 0 unspecified atom stereocenters. The minimum Gasteiger partial charge on any atom is -0.368 e. The molecule has 2 N–H and O–H groups in total. The van der Waals surface area contributed by atoms with Crippen LogP contribution >= 0.6 is 35.4 Å². The minimum absolute atomic E-state index is 0.194. The first-order chi connectivity index (χ1) is 13.4. The summed E-state index contributed by atoms with van der Waals surface area (Å²) in [6, 6.07) is 12.9. The van der Waals surface area contributed by atoms with Gasteiger partial charge in [-0.1, -0.05) is 35.3 Å². The van der Waals surface area contributed by atoms with Crippen LogP contribution in [0.15, 0.2) is 42.5 Å². The van der Waals surface area contributed by atoms with Crippen LogP contribution in [0.1, 0.15) is 5.56 Å². The quantitative estimate of drug-likeness (QED) is 0.713. The van der Waals surface area contributed by atoms with Gasteiger partial charge in [0.2, 0.25) is 5.91 Å². The molecular weight excluding hydrogens is 415 g/mol. The SMILES string of the molecule is CN1CCN(c2ccc(NC(=S)NC(=O)Cc3ccc(Cl)cc3)cc2Cl)CC1. The molecule has 0 spiro atoms. The highest BCUT2D eigenvalue weighted by molar-refractivity contribution is 7.80. The number of carbonyl (C=O) groups excluding carboxylic acids is 1. The molecule has 5 nitrogen and oxygen atoms in total. The van der Waals surface area contributed by atoms with Crippen molar-refractivity contribution in [2.75, 3.05) is 43.4 Å². The summed E-state index contributed by atoms with van der Waals surface area (Å²) in [4.78, 5) is 16.7. The van der Waals surface area contributed by atoms with E-state index < -0.39 is 0 Å². The molecule has 0 atom stereocenters. The van der Waals surface area contributed by atoms with Crippen LogP contribution in [0.2, 0.25) is 10.0 Å². The van der Waals surface area contributed by atoms with Crippen molar-refractivity contribution >= 4 is 57.8 Å². The third kappa shape index (κ3) is 5.82. The first-order valence-electron chi connectivity index (χ1n) is 8.99. The average Bonchev–Trinajstić information content (AvgIpc) is 2.64. The number of amides is 1. The molecule has 2 aromatic carbocycles. The van der Waals surface area contributed by atoms with Gasteiger partial charge in [0.1, 0.15) is 0 Å². The first-order valence-corrected chi connectivity index (χ1v) is 10.2. The smallest absolute Gasteiger partial charge is 0.230 e. The van der Waals surface area contributed by atoms with Gasteiger partial charge in [0.05, 0.1) is 17.1 Å². The Balaban J connectivity index is 1.54. The summed E-state index contributed by atoms with van der Waals surface area (Å²) in [5, 5.41) is 7.23. The third-order valence-corrected chi connectivity index (χ3v) is 5.34. The summed E-state index contributed by atoms with van der Waals surface area (Å²) >= 11 is 17.6. The van der Waals surface area contributed by atoms with Crippen molar-refractivity contribution in [2.45, 2.75) is 6.42 Å². The number of nitrogens with zero attached hydrogens (tertiary/aromatic N) is 2. The van der Waals surface area contributed by atoms with Gasteiger partial charge in [-0.25, -0.2) is 0 Å². The molecule has 1 fully saturated rings. The van der Waals surface area contributed by atoms with E-state index in [2.05, 4.69) is 27.5 Å². The number of hydrogen-bond donors (Lipinski definition) is 2. The molecule has 0 bridgehead atoms. The molecule has 0 aromatic heterocycles. The number of hydrogen-bond acceptors (Lipinski definition) is 4. The molecule has 0 radical (unpaired) electrons. The van der Waals surface area contributed by atoms with Crippen LogP contribution in [-0.2, 0) is 11.2 Å². The van der Waals surface area contributed by atoms with Gasteiger partial charge >= 0.3 is 0 Å². The average molecular weight is 437 g/mol. The molecule has 1 aliphatic rings. The minimum atomic E-state index is -0.194. The van der Waals surface area contributed by atoms with Crippen molar-refractivity contribution in [3.05, 3.63) is 58.1 Å². The molecule has 3 rings (SSSR count). The topological polar surface area (TPSA) is 47.6 Å². The molecule has 1 amide bonds. The standard InChI is InChI=1S/C20H22Cl2N4OS/c1-25-8-10-26(11-9-25)18-7-6-16(13-17(18)22)23-20(28)24-19(27)12-14-2-4-15(21)5-3-14/h2-7,13H,8-12H2,1H3,(H2,23,24,27,28). The van der Waals surface area contributed by atoms with E-state index in [0.717, 1.165) is 43.1 Å². The number of halogens is 2. The fraction of sp³-hybridized carbons (Fsp3) is 0.300. The van der Waals surface area contributed by atoms with E-state index in [1.165, 1.54) is 0 Å². The lowest BCUT2D eigenvalue weighted by Crippen LogP contribution is -2.44. The predicted octanol–water partition coefficient (Wildman–Crippen LogP) is 3.80. The summed E-state index contributed by atoms with van der Waals surface area (Å²) in [5.74, 6) is -0.194. The van der Waals surface area contributed by atoms with Crippen LogP contribution in [0.5, 0.6) is 0 Å². The Morgan fingerprint density at radius 2 is 1.75 bits per heavy atom. The maximum Gasteiger partial charge on any atom is 0.230 e. The Morgan fingerprint density at radius 1 is 1.07 bits per heavy atom. The third-order valence-electron chi connectivity index (χ3n) is 4.58. The van der Waals surface area contributed by atoms with Gasteiger partial charge in [-0.05, 0) is 55.2 Å².